The lowest BCUT2D eigenvalue weighted by Gasteiger charge is -2.12. The van der Waals surface area contributed by atoms with Gasteiger partial charge in [-0.15, -0.1) is 0 Å². The second-order valence-corrected chi connectivity index (χ2v) is 6.90. The van der Waals surface area contributed by atoms with Gasteiger partial charge in [0.15, 0.2) is 0 Å². The van der Waals surface area contributed by atoms with E-state index in [1.807, 2.05) is 32.9 Å². The maximum Gasteiger partial charge on any atom is 0.338 e. The molecule has 0 bridgehead atoms. The van der Waals surface area contributed by atoms with E-state index in [9.17, 15) is 9.59 Å². The van der Waals surface area contributed by atoms with Gasteiger partial charge in [0, 0.05) is 17.0 Å². The number of ether oxygens (including phenoxy) is 2. The summed E-state index contributed by atoms with van der Waals surface area (Å²) in [5.41, 5.74) is 3.91. The third kappa shape index (κ3) is 4.76. The van der Waals surface area contributed by atoms with Crippen molar-refractivity contribution in [2.24, 2.45) is 4.99 Å². The number of hydrogen-bond donors (Lipinski definition) is 0. The Kier molecular flexibility index (Phi) is 6.67. The van der Waals surface area contributed by atoms with Crippen LogP contribution in [0.3, 0.4) is 0 Å². The molecule has 156 valence electrons. The van der Waals surface area contributed by atoms with Gasteiger partial charge in [0.2, 0.25) is 0 Å². The molecular formula is C24H25NO5. The largest absolute Gasteiger partial charge is 0.487 e. The molecule has 0 radical (unpaired) electrons. The number of esters is 1. The summed E-state index contributed by atoms with van der Waals surface area (Å²) in [6.07, 6.45) is 0.709. The predicted octanol–water partition coefficient (Wildman–Crippen LogP) is 5.15. The molecule has 0 unspecified atom stereocenters. The van der Waals surface area contributed by atoms with Gasteiger partial charge in [0.05, 0.1) is 23.6 Å². The van der Waals surface area contributed by atoms with Crippen molar-refractivity contribution >= 4 is 28.3 Å². The zero-order valence-electron chi connectivity index (χ0n) is 17.7. The van der Waals surface area contributed by atoms with E-state index in [0.29, 0.717) is 36.5 Å². The van der Waals surface area contributed by atoms with Crippen LogP contribution in [0.5, 0.6) is 5.75 Å². The van der Waals surface area contributed by atoms with Crippen molar-refractivity contribution in [3.05, 3.63) is 69.6 Å². The lowest BCUT2D eigenvalue weighted by atomic mass is 10.1. The Morgan fingerprint density at radius 1 is 1.07 bits per heavy atom. The Bertz CT molecular complexity index is 1140. The van der Waals surface area contributed by atoms with Gasteiger partial charge in [-0.2, -0.15) is 0 Å². The number of benzene rings is 2. The fourth-order valence-electron chi connectivity index (χ4n) is 3.10. The molecule has 0 amide bonds. The van der Waals surface area contributed by atoms with Crippen LogP contribution < -0.4 is 10.4 Å². The lowest BCUT2D eigenvalue weighted by Crippen LogP contribution is -2.11. The summed E-state index contributed by atoms with van der Waals surface area (Å²) >= 11 is 0. The molecule has 3 aromatic rings. The maximum absolute atomic E-state index is 11.8. The molecule has 0 fully saturated rings. The molecule has 0 spiro atoms. The molecule has 3 rings (SSSR count). The quantitative estimate of drug-likeness (QED) is 0.308. The second kappa shape index (κ2) is 9.39. The number of aliphatic imine (C=N–C) groups is 1. The maximum atomic E-state index is 11.8. The standard InChI is InChI=1S/C24H25NO5/c1-5-18(25-19-9-7-17(8-10-19)24(27)28-6-2)14-29-21-12-11-20-15(3)13-22(26)30-23(20)16(21)4/h7-13H,5-6,14H2,1-4H3. The van der Waals surface area contributed by atoms with Crippen molar-refractivity contribution in [2.75, 3.05) is 13.2 Å². The predicted molar refractivity (Wildman–Crippen MR) is 117 cm³/mol. The van der Waals surface area contributed by atoms with Crippen molar-refractivity contribution in [3.8, 4) is 5.75 Å². The van der Waals surface area contributed by atoms with E-state index in [1.54, 1.807) is 31.2 Å². The molecule has 0 saturated heterocycles. The summed E-state index contributed by atoms with van der Waals surface area (Å²) in [6, 6.07) is 12.2. The number of aryl methyl sites for hydroxylation is 2. The van der Waals surface area contributed by atoms with Crippen molar-refractivity contribution in [3.63, 3.8) is 0 Å². The van der Waals surface area contributed by atoms with Gasteiger partial charge in [0.1, 0.15) is 17.9 Å². The highest BCUT2D eigenvalue weighted by Gasteiger charge is 2.11. The molecule has 0 aliphatic carbocycles. The topological polar surface area (TPSA) is 78.1 Å². The van der Waals surface area contributed by atoms with Gasteiger partial charge in [-0.25, -0.2) is 9.59 Å². The van der Waals surface area contributed by atoms with Crippen molar-refractivity contribution in [1.82, 2.24) is 0 Å². The number of rotatable bonds is 7. The Morgan fingerprint density at radius 2 is 1.80 bits per heavy atom. The van der Waals surface area contributed by atoms with Gasteiger partial charge < -0.3 is 13.9 Å². The highest BCUT2D eigenvalue weighted by atomic mass is 16.5. The number of carbonyl (C=O) groups excluding carboxylic acids is 1. The number of nitrogens with zero attached hydrogens (tertiary/aromatic N) is 1. The molecule has 6 heteroatoms. The number of hydrogen-bond acceptors (Lipinski definition) is 6. The molecule has 0 aliphatic heterocycles. The highest BCUT2D eigenvalue weighted by molar-refractivity contribution is 5.91. The summed E-state index contributed by atoms with van der Waals surface area (Å²) in [7, 11) is 0. The zero-order valence-corrected chi connectivity index (χ0v) is 17.7. The van der Waals surface area contributed by atoms with Crippen LogP contribution in [-0.4, -0.2) is 24.9 Å². The molecular weight excluding hydrogens is 382 g/mol. The molecule has 6 nitrogen and oxygen atoms in total. The normalized spacial score (nSPS) is 11.5. The van der Waals surface area contributed by atoms with Gasteiger partial charge in [0.25, 0.3) is 0 Å². The average molecular weight is 407 g/mol. The van der Waals surface area contributed by atoms with E-state index in [1.165, 1.54) is 6.07 Å². The minimum atomic E-state index is -0.373. The first kappa shape index (κ1) is 21.3. The first-order chi connectivity index (χ1) is 14.4. The molecule has 1 heterocycles. The van der Waals surface area contributed by atoms with Gasteiger partial charge in [-0.3, -0.25) is 4.99 Å². The van der Waals surface area contributed by atoms with Gasteiger partial charge in [-0.05, 0) is 69.2 Å². The fourth-order valence-corrected chi connectivity index (χ4v) is 3.10. The highest BCUT2D eigenvalue weighted by Crippen LogP contribution is 2.28. The Balaban J connectivity index is 1.77. The molecule has 0 saturated carbocycles. The van der Waals surface area contributed by atoms with Crippen molar-refractivity contribution in [2.45, 2.75) is 34.1 Å². The van der Waals surface area contributed by atoms with Gasteiger partial charge >= 0.3 is 11.6 Å². The second-order valence-electron chi connectivity index (χ2n) is 6.90. The zero-order chi connectivity index (χ0) is 21.7. The number of fused-ring (bicyclic) bond motifs is 1. The molecule has 1 aromatic heterocycles. The van der Waals surface area contributed by atoms with Crippen LogP contribution in [0.1, 0.15) is 41.8 Å². The van der Waals surface area contributed by atoms with E-state index in [2.05, 4.69) is 4.99 Å². The van der Waals surface area contributed by atoms with E-state index in [4.69, 9.17) is 13.9 Å². The first-order valence-electron chi connectivity index (χ1n) is 9.93. The summed E-state index contributed by atoms with van der Waals surface area (Å²) in [5, 5.41) is 0.894. The molecule has 0 aliphatic rings. The smallest absolute Gasteiger partial charge is 0.338 e. The van der Waals surface area contributed by atoms with Crippen LogP contribution in [0, 0.1) is 13.8 Å². The minimum absolute atomic E-state index is 0.304. The van der Waals surface area contributed by atoms with Crippen LogP contribution in [0.25, 0.3) is 11.0 Å². The van der Waals surface area contributed by atoms with E-state index in [0.717, 1.165) is 27.9 Å². The summed E-state index contributed by atoms with van der Waals surface area (Å²) in [5.74, 6) is 0.302. The minimum Gasteiger partial charge on any atom is -0.487 e. The third-order valence-electron chi connectivity index (χ3n) is 4.79. The SMILES string of the molecule is CCOC(=O)c1ccc(N=C(CC)COc2ccc3c(C)cc(=O)oc3c2C)cc1. The third-order valence-corrected chi connectivity index (χ3v) is 4.79. The molecule has 30 heavy (non-hydrogen) atoms. The van der Waals surface area contributed by atoms with Crippen molar-refractivity contribution in [1.29, 1.82) is 0 Å². The van der Waals surface area contributed by atoms with E-state index >= 15 is 0 Å². The summed E-state index contributed by atoms with van der Waals surface area (Å²) in [6.45, 7) is 8.18. The summed E-state index contributed by atoms with van der Waals surface area (Å²) < 4.78 is 16.4. The Labute approximate surface area is 175 Å². The monoisotopic (exact) mass is 407 g/mol. The van der Waals surface area contributed by atoms with Crippen LogP contribution in [-0.2, 0) is 4.74 Å². The van der Waals surface area contributed by atoms with Crippen molar-refractivity contribution < 1.29 is 18.7 Å². The van der Waals surface area contributed by atoms with Crippen LogP contribution in [0.2, 0.25) is 0 Å². The van der Waals surface area contributed by atoms with Crippen LogP contribution in [0.4, 0.5) is 5.69 Å². The van der Waals surface area contributed by atoms with Crippen LogP contribution in [0.15, 0.2) is 56.7 Å². The average Bonchev–Trinajstić information content (AvgIpc) is 2.73. The first-order valence-corrected chi connectivity index (χ1v) is 9.93. The Morgan fingerprint density at radius 3 is 2.47 bits per heavy atom. The summed E-state index contributed by atoms with van der Waals surface area (Å²) in [4.78, 5) is 28.1. The van der Waals surface area contributed by atoms with Crippen LogP contribution >= 0.6 is 0 Å². The number of carbonyl (C=O) groups is 1. The van der Waals surface area contributed by atoms with E-state index < -0.39 is 0 Å². The Hall–Kier alpha value is -3.41. The fraction of sp³-hybridized carbons (Fsp3) is 0.292. The van der Waals surface area contributed by atoms with E-state index in [-0.39, 0.29) is 11.6 Å². The molecule has 0 N–H and O–H groups in total. The van der Waals surface area contributed by atoms with Gasteiger partial charge in [-0.1, -0.05) is 6.92 Å². The lowest BCUT2D eigenvalue weighted by molar-refractivity contribution is 0.0526. The molecule has 2 aromatic carbocycles. The molecule has 0 atom stereocenters.